The van der Waals surface area contributed by atoms with Crippen LogP contribution in [0.4, 0.5) is 11.4 Å². The van der Waals surface area contributed by atoms with Crippen LogP contribution in [0.1, 0.15) is 50.6 Å². The Bertz CT molecular complexity index is 1560. The van der Waals surface area contributed by atoms with Crippen molar-refractivity contribution in [3.63, 3.8) is 0 Å². The van der Waals surface area contributed by atoms with E-state index in [9.17, 15) is 0 Å². The first-order chi connectivity index (χ1) is 20.3. The van der Waals surface area contributed by atoms with Gasteiger partial charge < -0.3 is 0 Å². The van der Waals surface area contributed by atoms with Gasteiger partial charge in [0, 0.05) is 16.8 Å². The summed E-state index contributed by atoms with van der Waals surface area (Å²) in [5.41, 5.74) is 11.5. The fourth-order valence-corrected chi connectivity index (χ4v) is 4.69. The van der Waals surface area contributed by atoms with Gasteiger partial charge in [-0.3, -0.25) is 0 Å². The molecule has 0 fully saturated rings. The monoisotopic (exact) mass is 634 g/mol. The van der Waals surface area contributed by atoms with E-state index < -0.39 is 0 Å². The number of hydrogen-bond acceptors (Lipinski definition) is 4. The predicted molar refractivity (Wildman–Crippen MR) is 174 cm³/mol. The molecule has 0 aliphatic rings. The van der Waals surface area contributed by atoms with Gasteiger partial charge in [-0.1, -0.05) is 97.1 Å². The molecule has 7 heteroatoms. The Morgan fingerprint density at radius 1 is 0.548 bits per heavy atom. The number of aromatic nitrogens is 2. The molecule has 5 aromatic rings. The first kappa shape index (κ1) is 31.3. The van der Waals surface area contributed by atoms with Crippen molar-refractivity contribution >= 4 is 43.0 Å². The molecule has 4 nitrogen and oxygen atoms in total. The Labute approximate surface area is 263 Å². The summed E-state index contributed by atoms with van der Waals surface area (Å²) in [7, 11) is 9.53. The first-order valence-corrected chi connectivity index (χ1v) is 16.5. The number of benzene rings is 4. The summed E-state index contributed by atoms with van der Waals surface area (Å²) in [5.74, 6) is 0.573. The number of rotatable bonds is 6. The molecule has 0 bridgehead atoms. The number of para-hydroxylation sites is 2. The molecule has 0 unspecified atom stereocenters. The SMILES string of the molecule is Cc1cc(C(=Nc2c(C)cccc2C)c2ccccc2)nc(C(=Nc2c(C)cccc2C)c2ccccc2)n1.[Cl][Fe][Cl]. The van der Waals surface area contributed by atoms with Crippen molar-refractivity contribution in [3.05, 3.63) is 154 Å². The number of nitrogens with zero attached hydrogens (tertiary/aromatic N) is 4. The second-order valence-electron chi connectivity index (χ2n) is 9.90. The van der Waals surface area contributed by atoms with E-state index in [0.717, 1.165) is 67.6 Å². The number of aryl methyl sites for hydroxylation is 5. The number of hydrogen-bond donors (Lipinski definition) is 0. The van der Waals surface area contributed by atoms with Crippen molar-refractivity contribution in [1.29, 1.82) is 0 Å². The molecule has 0 aliphatic heterocycles. The molecular weight excluding hydrogens is 603 g/mol. The zero-order valence-corrected chi connectivity index (χ0v) is 26.8. The molecule has 0 N–H and O–H groups in total. The van der Waals surface area contributed by atoms with Crippen LogP contribution < -0.4 is 0 Å². The van der Waals surface area contributed by atoms with Gasteiger partial charge in [0.2, 0.25) is 0 Å². The second kappa shape index (κ2) is 15.0. The van der Waals surface area contributed by atoms with Gasteiger partial charge in [-0.15, -0.1) is 0 Å². The van der Waals surface area contributed by atoms with Crippen LogP contribution in [0.5, 0.6) is 0 Å². The second-order valence-corrected chi connectivity index (χ2v) is 11.7. The van der Waals surface area contributed by atoms with Crippen LogP contribution in [0.15, 0.2) is 113 Å². The van der Waals surface area contributed by atoms with Crippen LogP contribution in [-0.2, 0) is 13.1 Å². The summed E-state index contributed by atoms with van der Waals surface area (Å²) in [6, 6.07) is 34.9. The van der Waals surface area contributed by atoms with E-state index in [-0.39, 0.29) is 13.1 Å². The summed E-state index contributed by atoms with van der Waals surface area (Å²) in [5, 5.41) is 0. The van der Waals surface area contributed by atoms with Crippen LogP contribution >= 0.6 is 20.2 Å². The molecule has 0 aliphatic carbocycles. The van der Waals surface area contributed by atoms with E-state index in [0.29, 0.717) is 5.82 Å². The van der Waals surface area contributed by atoms with E-state index >= 15 is 0 Å². The maximum absolute atomic E-state index is 5.21. The zero-order valence-electron chi connectivity index (χ0n) is 24.2. The Kier molecular flexibility index (Phi) is 11.2. The number of aliphatic imine (C=N–C) groups is 2. The van der Waals surface area contributed by atoms with Crippen molar-refractivity contribution in [2.24, 2.45) is 9.98 Å². The average molecular weight is 635 g/mol. The van der Waals surface area contributed by atoms with Crippen molar-refractivity contribution in [1.82, 2.24) is 9.97 Å². The minimum atomic E-state index is 0.194. The molecule has 0 saturated carbocycles. The van der Waals surface area contributed by atoms with Gasteiger partial charge in [-0.05, 0) is 62.9 Å². The van der Waals surface area contributed by atoms with Gasteiger partial charge >= 0.3 is 33.3 Å². The predicted octanol–water partition coefficient (Wildman–Crippen LogP) is 9.73. The van der Waals surface area contributed by atoms with E-state index in [1.165, 1.54) is 0 Å². The van der Waals surface area contributed by atoms with Crippen LogP contribution in [0.2, 0.25) is 0 Å². The molecule has 1 aromatic heterocycles. The summed E-state index contributed by atoms with van der Waals surface area (Å²) in [6.45, 7) is 10.4. The molecule has 42 heavy (non-hydrogen) atoms. The van der Waals surface area contributed by atoms with Gasteiger partial charge in [-0.25, -0.2) is 20.0 Å². The van der Waals surface area contributed by atoms with E-state index in [2.05, 4.69) is 88.4 Å². The van der Waals surface area contributed by atoms with Gasteiger partial charge in [0.15, 0.2) is 5.82 Å². The van der Waals surface area contributed by atoms with Crippen molar-refractivity contribution in [2.45, 2.75) is 34.6 Å². The zero-order chi connectivity index (χ0) is 30.1. The fraction of sp³-hybridized carbons (Fsp3) is 0.143. The molecular formula is C35H32Cl2FeN4. The molecule has 214 valence electrons. The molecule has 4 aromatic carbocycles. The van der Waals surface area contributed by atoms with Crippen molar-refractivity contribution in [2.75, 3.05) is 0 Å². The average Bonchev–Trinajstić information content (AvgIpc) is 2.98. The third kappa shape index (κ3) is 7.81. The van der Waals surface area contributed by atoms with Gasteiger partial charge in [0.05, 0.1) is 22.8 Å². The Morgan fingerprint density at radius 3 is 1.40 bits per heavy atom. The van der Waals surface area contributed by atoms with E-state index in [1.54, 1.807) is 0 Å². The Balaban J connectivity index is 0.00000129. The molecule has 0 amide bonds. The Morgan fingerprint density at radius 2 is 0.952 bits per heavy atom. The summed E-state index contributed by atoms with van der Waals surface area (Å²) >= 11 is 0.194. The van der Waals surface area contributed by atoms with Gasteiger partial charge in [0.25, 0.3) is 0 Å². The molecule has 0 saturated heterocycles. The molecule has 0 radical (unpaired) electrons. The summed E-state index contributed by atoms with van der Waals surface area (Å²) < 4.78 is 0. The standard InChI is InChI=1S/C35H32N4.2ClH.Fe/c1-23-14-12-15-24(2)31(23)38-33(28-18-8-6-9-19-28)30-22-27(5)36-35(37-30)34(29-20-10-7-11-21-29)39-32-25(3)16-13-17-26(32)4;;;/h6-22H,1-5H3;2*1H;/q;;;+2/p-2. The Hall–Kier alpha value is -3.60. The van der Waals surface area contributed by atoms with Crippen molar-refractivity contribution < 1.29 is 13.1 Å². The summed E-state index contributed by atoms with van der Waals surface area (Å²) in [4.78, 5) is 20.4. The normalized spacial score (nSPS) is 11.7. The quantitative estimate of drug-likeness (QED) is 0.138. The number of halogens is 2. The molecule has 0 atom stereocenters. The molecule has 0 spiro atoms. The summed E-state index contributed by atoms with van der Waals surface area (Å²) in [6.07, 6.45) is 0. The van der Waals surface area contributed by atoms with Gasteiger partial charge in [0.1, 0.15) is 5.71 Å². The van der Waals surface area contributed by atoms with Crippen LogP contribution in [0.25, 0.3) is 0 Å². The maximum atomic E-state index is 5.21. The third-order valence-electron chi connectivity index (χ3n) is 6.73. The first-order valence-electron chi connectivity index (χ1n) is 13.4. The van der Waals surface area contributed by atoms with Crippen LogP contribution in [0, 0.1) is 34.6 Å². The topological polar surface area (TPSA) is 50.5 Å². The molecule has 1 heterocycles. The van der Waals surface area contributed by atoms with E-state index in [4.69, 9.17) is 40.1 Å². The van der Waals surface area contributed by atoms with Crippen molar-refractivity contribution in [3.8, 4) is 0 Å². The minimum absolute atomic E-state index is 0.194. The van der Waals surface area contributed by atoms with Crippen LogP contribution in [0.3, 0.4) is 0 Å². The fourth-order valence-electron chi connectivity index (χ4n) is 4.69. The molecule has 5 rings (SSSR count). The third-order valence-corrected chi connectivity index (χ3v) is 6.73. The van der Waals surface area contributed by atoms with E-state index in [1.807, 2.05) is 49.4 Å². The van der Waals surface area contributed by atoms with Crippen LogP contribution in [-0.4, -0.2) is 21.4 Å². The van der Waals surface area contributed by atoms with Gasteiger partial charge in [-0.2, -0.15) is 0 Å².